The van der Waals surface area contributed by atoms with Crippen LogP contribution in [0.25, 0.3) is 22.4 Å². The maximum absolute atomic E-state index is 11.5. The predicted molar refractivity (Wildman–Crippen MR) is 102 cm³/mol. The van der Waals surface area contributed by atoms with Crippen LogP contribution in [0.2, 0.25) is 10.0 Å². The fourth-order valence-corrected chi connectivity index (χ4v) is 3.22. The topological polar surface area (TPSA) is 67.2 Å². The summed E-state index contributed by atoms with van der Waals surface area (Å²) in [6.07, 6.45) is 0. The highest BCUT2D eigenvalue weighted by molar-refractivity contribution is 6.36. The number of imidazole rings is 1. The number of anilines is 1. The third-order valence-electron chi connectivity index (χ3n) is 3.74. The molecule has 0 spiro atoms. The minimum Gasteiger partial charge on any atom is -0.506 e. The van der Waals surface area contributed by atoms with Gasteiger partial charge in [0, 0.05) is 17.3 Å². The van der Waals surface area contributed by atoms with E-state index in [2.05, 4.69) is 10.3 Å². The van der Waals surface area contributed by atoms with Gasteiger partial charge >= 0.3 is 0 Å². The Bertz CT molecular complexity index is 969. The highest BCUT2D eigenvalue weighted by Crippen LogP contribution is 2.38. The first-order valence-corrected chi connectivity index (χ1v) is 8.78. The summed E-state index contributed by atoms with van der Waals surface area (Å²) in [7, 11) is 0. The lowest BCUT2D eigenvalue weighted by atomic mass is 10.2. The van der Waals surface area contributed by atoms with E-state index in [0.29, 0.717) is 34.2 Å². The number of phenolic OH excluding ortho intramolecular Hbond substituents is 1. The monoisotopic (exact) mass is 397 g/mol. The van der Waals surface area contributed by atoms with Gasteiger partial charge in [-0.15, -0.1) is 11.6 Å². The van der Waals surface area contributed by atoms with Crippen molar-refractivity contribution in [3.63, 3.8) is 0 Å². The van der Waals surface area contributed by atoms with Gasteiger partial charge in [0.25, 0.3) is 0 Å². The van der Waals surface area contributed by atoms with Crippen molar-refractivity contribution in [2.45, 2.75) is 13.5 Å². The molecule has 0 saturated carbocycles. The second-order valence-electron chi connectivity index (χ2n) is 5.35. The summed E-state index contributed by atoms with van der Waals surface area (Å²) >= 11 is 17.6. The van der Waals surface area contributed by atoms with Crippen LogP contribution in [-0.2, 0) is 11.3 Å². The number of aryl methyl sites for hydroxylation is 1. The van der Waals surface area contributed by atoms with Gasteiger partial charge in [0.15, 0.2) is 0 Å². The number of nitrogens with one attached hydrogen (secondary N) is 1. The van der Waals surface area contributed by atoms with E-state index in [0.717, 1.165) is 5.52 Å². The summed E-state index contributed by atoms with van der Waals surface area (Å²) < 4.78 is 1.93. The lowest BCUT2D eigenvalue weighted by Crippen LogP contribution is -2.12. The third-order valence-corrected chi connectivity index (χ3v) is 4.49. The molecular weight excluding hydrogens is 385 g/mol. The molecule has 3 rings (SSSR count). The maximum Gasteiger partial charge on any atom is 0.239 e. The van der Waals surface area contributed by atoms with Gasteiger partial charge in [0.1, 0.15) is 17.5 Å². The van der Waals surface area contributed by atoms with Crippen LogP contribution < -0.4 is 5.32 Å². The minimum atomic E-state index is -0.296. The number of hydrogen-bond donors (Lipinski definition) is 2. The number of rotatable bonds is 4. The molecule has 0 aliphatic carbocycles. The van der Waals surface area contributed by atoms with Crippen molar-refractivity contribution in [2.24, 2.45) is 0 Å². The van der Waals surface area contributed by atoms with Gasteiger partial charge in [-0.1, -0.05) is 23.2 Å². The van der Waals surface area contributed by atoms with Crippen LogP contribution in [0, 0.1) is 0 Å². The smallest absolute Gasteiger partial charge is 0.239 e. The number of benzene rings is 2. The van der Waals surface area contributed by atoms with Crippen molar-refractivity contribution in [1.29, 1.82) is 0 Å². The summed E-state index contributed by atoms with van der Waals surface area (Å²) in [5, 5.41) is 13.6. The number of amides is 1. The highest BCUT2D eigenvalue weighted by Gasteiger charge is 2.18. The summed E-state index contributed by atoms with van der Waals surface area (Å²) in [5.41, 5.74) is 2.57. The van der Waals surface area contributed by atoms with E-state index < -0.39 is 0 Å². The van der Waals surface area contributed by atoms with E-state index in [1.54, 1.807) is 18.2 Å². The van der Waals surface area contributed by atoms with Crippen molar-refractivity contribution in [3.8, 4) is 17.1 Å². The number of phenols is 1. The number of nitrogens with zero attached hydrogens (tertiary/aromatic N) is 2. The molecule has 0 bridgehead atoms. The summed E-state index contributed by atoms with van der Waals surface area (Å²) in [6.45, 7) is 2.60. The molecule has 0 atom stereocenters. The molecule has 0 fully saturated rings. The molecule has 0 aliphatic heterocycles. The van der Waals surface area contributed by atoms with Crippen LogP contribution in [0.15, 0.2) is 30.3 Å². The van der Waals surface area contributed by atoms with E-state index in [4.69, 9.17) is 34.8 Å². The molecular formula is C17H14Cl3N3O2. The lowest BCUT2D eigenvalue weighted by molar-refractivity contribution is -0.113. The largest absolute Gasteiger partial charge is 0.506 e. The second kappa shape index (κ2) is 7.12. The Labute approximate surface area is 159 Å². The van der Waals surface area contributed by atoms with E-state index in [1.807, 2.05) is 17.6 Å². The number of carbonyl (C=O) groups excluding carboxylic acids is 1. The molecule has 3 aromatic rings. The van der Waals surface area contributed by atoms with Crippen molar-refractivity contribution in [1.82, 2.24) is 9.55 Å². The van der Waals surface area contributed by atoms with Crippen LogP contribution in [-0.4, -0.2) is 26.4 Å². The second-order valence-corrected chi connectivity index (χ2v) is 6.46. The maximum atomic E-state index is 11.5. The van der Waals surface area contributed by atoms with Gasteiger partial charge < -0.3 is 15.0 Å². The Morgan fingerprint density at radius 1 is 1.28 bits per heavy atom. The molecule has 1 aromatic heterocycles. The Morgan fingerprint density at radius 2 is 2.04 bits per heavy atom. The first-order chi connectivity index (χ1) is 11.9. The number of carbonyl (C=O) groups is 1. The molecule has 0 aliphatic rings. The molecule has 1 amide bonds. The van der Waals surface area contributed by atoms with Gasteiger partial charge in [-0.25, -0.2) is 4.98 Å². The zero-order valence-electron chi connectivity index (χ0n) is 13.2. The molecule has 2 N–H and O–H groups in total. The van der Waals surface area contributed by atoms with Crippen LogP contribution in [0.4, 0.5) is 5.69 Å². The quantitative estimate of drug-likeness (QED) is 0.613. The first kappa shape index (κ1) is 17.9. The SMILES string of the molecule is CCn1c(-c2cc(Cl)cc(Cl)c2O)nc2cc(NC(=O)CCl)ccc21. The number of halogens is 3. The molecule has 0 radical (unpaired) electrons. The lowest BCUT2D eigenvalue weighted by Gasteiger charge is -2.09. The predicted octanol–water partition coefficient (Wildman–Crippen LogP) is 4.91. The van der Waals surface area contributed by atoms with Crippen LogP contribution in [0.5, 0.6) is 5.75 Å². The van der Waals surface area contributed by atoms with Crippen molar-refractivity contribution < 1.29 is 9.90 Å². The third kappa shape index (κ3) is 3.40. The first-order valence-electron chi connectivity index (χ1n) is 7.49. The molecule has 0 saturated heterocycles. The van der Waals surface area contributed by atoms with Crippen molar-refractivity contribution >= 4 is 57.4 Å². The van der Waals surface area contributed by atoms with Crippen LogP contribution in [0.1, 0.15) is 6.92 Å². The van der Waals surface area contributed by atoms with Gasteiger partial charge in [-0.2, -0.15) is 0 Å². The van der Waals surface area contributed by atoms with E-state index in [9.17, 15) is 9.90 Å². The molecule has 8 heteroatoms. The number of aromatic hydroxyl groups is 1. The van der Waals surface area contributed by atoms with E-state index in [1.165, 1.54) is 6.07 Å². The Morgan fingerprint density at radius 3 is 2.72 bits per heavy atom. The zero-order valence-corrected chi connectivity index (χ0v) is 15.5. The number of aromatic nitrogens is 2. The van der Waals surface area contributed by atoms with E-state index in [-0.39, 0.29) is 22.6 Å². The van der Waals surface area contributed by atoms with Gasteiger partial charge in [0.05, 0.1) is 21.6 Å². The Balaban J connectivity index is 2.18. The minimum absolute atomic E-state index is 0.0771. The Hall–Kier alpha value is -1.95. The number of fused-ring (bicyclic) bond motifs is 1. The molecule has 130 valence electrons. The highest BCUT2D eigenvalue weighted by atomic mass is 35.5. The summed E-state index contributed by atoms with van der Waals surface area (Å²) in [6, 6.07) is 8.46. The summed E-state index contributed by atoms with van der Waals surface area (Å²) in [5.74, 6) is 0.0454. The molecule has 0 unspecified atom stereocenters. The van der Waals surface area contributed by atoms with E-state index >= 15 is 0 Å². The number of alkyl halides is 1. The average Bonchev–Trinajstić information content (AvgIpc) is 2.95. The van der Waals surface area contributed by atoms with Gasteiger partial charge in [0.2, 0.25) is 5.91 Å². The fraction of sp³-hybridized carbons (Fsp3) is 0.176. The average molecular weight is 399 g/mol. The van der Waals surface area contributed by atoms with Crippen LogP contribution >= 0.6 is 34.8 Å². The molecule has 2 aromatic carbocycles. The van der Waals surface area contributed by atoms with Gasteiger partial charge in [-0.3, -0.25) is 4.79 Å². The Kier molecular flexibility index (Phi) is 5.08. The van der Waals surface area contributed by atoms with Crippen molar-refractivity contribution in [2.75, 3.05) is 11.2 Å². The van der Waals surface area contributed by atoms with Gasteiger partial charge in [-0.05, 0) is 37.3 Å². The van der Waals surface area contributed by atoms with Crippen LogP contribution in [0.3, 0.4) is 0 Å². The fourth-order valence-electron chi connectivity index (χ4n) is 2.66. The van der Waals surface area contributed by atoms with Crippen molar-refractivity contribution in [3.05, 3.63) is 40.4 Å². The molecule has 25 heavy (non-hydrogen) atoms. The molecule has 1 heterocycles. The summed E-state index contributed by atoms with van der Waals surface area (Å²) in [4.78, 5) is 16.0. The molecule has 5 nitrogen and oxygen atoms in total. The zero-order chi connectivity index (χ0) is 18.1. The normalized spacial score (nSPS) is 11.0. The standard InChI is InChI=1S/C17H14Cl3N3O2/c1-2-23-14-4-3-10(21-15(24)8-18)7-13(14)22-17(23)11-5-9(19)6-12(20)16(11)25/h3-7,25H,2,8H2,1H3,(H,21,24). The number of hydrogen-bond acceptors (Lipinski definition) is 3.